The third kappa shape index (κ3) is 2.13. The van der Waals surface area contributed by atoms with Gasteiger partial charge >= 0.3 is 0 Å². The van der Waals surface area contributed by atoms with Crippen LogP contribution in [-0.4, -0.2) is 15.1 Å². The van der Waals surface area contributed by atoms with E-state index in [4.69, 9.17) is 0 Å². The molecule has 1 unspecified atom stereocenters. The summed E-state index contributed by atoms with van der Waals surface area (Å²) in [6.45, 7) is 4.09. The van der Waals surface area contributed by atoms with Gasteiger partial charge in [0, 0.05) is 0 Å². The van der Waals surface area contributed by atoms with Gasteiger partial charge in [0.1, 0.15) is 11.9 Å². The minimum Gasteiger partial charge on any atom is -0.380 e. The summed E-state index contributed by atoms with van der Waals surface area (Å²) >= 11 is 0. The molecule has 0 amide bonds. The number of aliphatic hydroxyl groups excluding tert-OH is 1. The van der Waals surface area contributed by atoms with Crippen LogP contribution in [0.15, 0.2) is 42.5 Å². The molecular weight excluding hydrogens is 236 g/mol. The van der Waals surface area contributed by atoms with Crippen molar-refractivity contribution in [3.05, 3.63) is 65.0 Å². The fraction of sp³-hybridized carbons (Fsp3) is 0.188. The first-order chi connectivity index (χ1) is 9.15. The van der Waals surface area contributed by atoms with Gasteiger partial charge in [0.25, 0.3) is 0 Å². The van der Waals surface area contributed by atoms with Crippen molar-refractivity contribution < 1.29 is 5.11 Å². The largest absolute Gasteiger partial charge is 0.380 e. The Morgan fingerprint density at radius 2 is 1.84 bits per heavy atom. The number of benzene rings is 2. The maximum atomic E-state index is 10.4. The topological polar surface area (TPSA) is 48.9 Å². The standard InChI is InChI=1S/C16H16N2O/c1-10-8-11(2)14-13(9-10)17-16(18-14)15(19)12-6-4-3-5-7-12/h3-9,15,19H,1-2H3,(H,17,18). The summed E-state index contributed by atoms with van der Waals surface area (Å²) in [5.41, 5.74) is 5.06. The van der Waals surface area contributed by atoms with Crippen LogP contribution in [-0.2, 0) is 0 Å². The highest BCUT2D eigenvalue weighted by Crippen LogP contribution is 2.24. The maximum Gasteiger partial charge on any atom is 0.140 e. The second-order valence-corrected chi connectivity index (χ2v) is 4.91. The Kier molecular flexibility index (Phi) is 2.84. The van der Waals surface area contributed by atoms with E-state index in [1.165, 1.54) is 5.56 Å². The Balaban J connectivity index is 2.09. The number of nitrogens with zero attached hydrogens (tertiary/aromatic N) is 1. The normalized spacial score (nSPS) is 12.8. The van der Waals surface area contributed by atoms with Crippen LogP contribution in [0.4, 0.5) is 0 Å². The van der Waals surface area contributed by atoms with Crippen molar-refractivity contribution >= 4 is 11.0 Å². The summed E-state index contributed by atoms with van der Waals surface area (Å²) in [7, 11) is 0. The lowest BCUT2D eigenvalue weighted by atomic mass is 10.1. The maximum absolute atomic E-state index is 10.4. The number of rotatable bonds is 2. The molecular formula is C16H16N2O. The van der Waals surface area contributed by atoms with Gasteiger partial charge in [-0.3, -0.25) is 0 Å². The molecule has 3 heteroatoms. The molecule has 96 valence electrons. The SMILES string of the molecule is Cc1cc(C)c2nc(C(O)c3ccccc3)[nH]c2c1. The van der Waals surface area contributed by atoms with Gasteiger partial charge in [-0.15, -0.1) is 0 Å². The zero-order valence-corrected chi connectivity index (χ0v) is 11.0. The Hall–Kier alpha value is -2.13. The summed E-state index contributed by atoms with van der Waals surface area (Å²) in [6, 6.07) is 13.7. The second kappa shape index (κ2) is 4.52. The van der Waals surface area contributed by atoms with Crippen LogP contribution in [0, 0.1) is 13.8 Å². The number of imidazole rings is 1. The van der Waals surface area contributed by atoms with E-state index < -0.39 is 6.10 Å². The monoisotopic (exact) mass is 252 g/mol. The quantitative estimate of drug-likeness (QED) is 0.735. The van der Waals surface area contributed by atoms with E-state index in [0.717, 1.165) is 22.2 Å². The molecule has 19 heavy (non-hydrogen) atoms. The number of hydrogen-bond donors (Lipinski definition) is 2. The Morgan fingerprint density at radius 3 is 2.58 bits per heavy atom. The molecule has 2 aromatic carbocycles. The molecule has 3 nitrogen and oxygen atoms in total. The molecule has 0 spiro atoms. The van der Waals surface area contributed by atoms with Crippen molar-refractivity contribution in [2.75, 3.05) is 0 Å². The second-order valence-electron chi connectivity index (χ2n) is 4.91. The molecule has 0 aliphatic rings. The van der Waals surface area contributed by atoms with Crippen LogP contribution in [0.5, 0.6) is 0 Å². The Bertz CT molecular complexity index is 716. The molecule has 2 N–H and O–H groups in total. The van der Waals surface area contributed by atoms with Gasteiger partial charge in [-0.2, -0.15) is 0 Å². The van der Waals surface area contributed by atoms with Crippen molar-refractivity contribution in [1.29, 1.82) is 0 Å². The summed E-state index contributed by atoms with van der Waals surface area (Å²) < 4.78 is 0. The number of aryl methyl sites for hydroxylation is 2. The van der Waals surface area contributed by atoms with E-state index in [0.29, 0.717) is 5.82 Å². The lowest BCUT2D eigenvalue weighted by Crippen LogP contribution is -2.01. The Labute approximate surface area is 111 Å². The van der Waals surface area contributed by atoms with Gasteiger partial charge in [0.2, 0.25) is 0 Å². The fourth-order valence-electron chi connectivity index (χ4n) is 2.41. The molecule has 3 aromatic rings. The summed E-state index contributed by atoms with van der Waals surface area (Å²) in [5, 5.41) is 10.4. The molecule has 1 aromatic heterocycles. The zero-order chi connectivity index (χ0) is 13.4. The van der Waals surface area contributed by atoms with E-state index >= 15 is 0 Å². The van der Waals surface area contributed by atoms with Gasteiger partial charge in [0.05, 0.1) is 11.0 Å². The predicted octanol–water partition coefficient (Wildman–Crippen LogP) is 3.26. The third-order valence-electron chi connectivity index (χ3n) is 3.31. The molecule has 0 saturated heterocycles. The number of H-pyrrole nitrogens is 1. The first kappa shape index (κ1) is 11.9. The van der Waals surface area contributed by atoms with Crippen molar-refractivity contribution in [2.24, 2.45) is 0 Å². The number of fused-ring (bicyclic) bond motifs is 1. The lowest BCUT2D eigenvalue weighted by molar-refractivity contribution is 0.211. The highest BCUT2D eigenvalue weighted by Gasteiger charge is 2.15. The first-order valence-corrected chi connectivity index (χ1v) is 6.35. The van der Waals surface area contributed by atoms with E-state index in [1.807, 2.05) is 37.3 Å². The molecule has 1 heterocycles. The van der Waals surface area contributed by atoms with Gasteiger partial charge in [-0.1, -0.05) is 36.4 Å². The lowest BCUT2D eigenvalue weighted by Gasteiger charge is -2.06. The van der Waals surface area contributed by atoms with Crippen LogP contribution in [0.1, 0.15) is 28.6 Å². The molecule has 0 aliphatic carbocycles. The van der Waals surface area contributed by atoms with Crippen molar-refractivity contribution in [3.63, 3.8) is 0 Å². The van der Waals surface area contributed by atoms with Gasteiger partial charge in [-0.25, -0.2) is 4.98 Å². The van der Waals surface area contributed by atoms with Gasteiger partial charge < -0.3 is 10.1 Å². The number of hydrogen-bond acceptors (Lipinski definition) is 2. The molecule has 0 aliphatic heterocycles. The van der Waals surface area contributed by atoms with Crippen LogP contribution in [0.25, 0.3) is 11.0 Å². The minimum atomic E-state index is -0.715. The third-order valence-corrected chi connectivity index (χ3v) is 3.31. The predicted molar refractivity (Wildman–Crippen MR) is 76.1 cm³/mol. The highest BCUT2D eigenvalue weighted by atomic mass is 16.3. The molecule has 1 atom stereocenters. The van der Waals surface area contributed by atoms with E-state index in [9.17, 15) is 5.11 Å². The smallest absolute Gasteiger partial charge is 0.140 e. The van der Waals surface area contributed by atoms with E-state index in [-0.39, 0.29) is 0 Å². The average Bonchev–Trinajstić information content (AvgIpc) is 2.83. The van der Waals surface area contributed by atoms with Crippen LogP contribution < -0.4 is 0 Å². The van der Waals surface area contributed by atoms with Crippen LogP contribution in [0.3, 0.4) is 0 Å². The van der Waals surface area contributed by atoms with Crippen LogP contribution in [0.2, 0.25) is 0 Å². The van der Waals surface area contributed by atoms with Gasteiger partial charge in [-0.05, 0) is 36.6 Å². The zero-order valence-electron chi connectivity index (χ0n) is 11.0. The number of nitrogens with one attached hydrogen (secondary N) is 1. The molecule has 0 radical (unpaired) electrons. The number of aromatic amines is 1. The van der Waals surface area contributed by atoms with Crippen molar-refractivity contribution in [3.8, 4) is 0 Å². The Morgan fingerprint density at radius 1 is 1.11 bits per heavy atom. The number of aliphatic hydroxyl groups is 1. The fourth-order valence-corrected chi connectivity index (χ4v) is 2.41. The summed E-state index contributed by atoms with van der Waals surface area (Å²) in [4.78, 5) is 7.74. The summed E-state index contributed by atoms with van der Waals surface area (Å²) in [6.07, 6.45) is -0.715. The van der Waals surface area contributed by atoms with Crippen LogP contribution >= 0.6 is 0 Å². The molecule has 3 rings (SSSR count). The number of aromatic nitrogens is 2. The minimum absolute atomic E-state index is 0.593. The molecule has 0 bridgehead atoms. The highest BCUT2D eigenvalue weighted by molar-refractivity contribution is 5.79. The molecule has 0 saturated carbocycles. The molecule has 0 fully saturated rings. The van der Waals surface area contributed by atoms with E-state index in [2.05, 4.69) is 29.0 Å². The van der Waals surface area contributed by atoms with Crippen molar-refractivity contribution in [2.45, 2.75) is 20.0 Å². The van der Waals surface area contributed by atoms with E-state index in [1.54, 1.807) is 0 Å². The van der Waals surface area contributed by atoms with Crippen molar-refractivity contribution in [1.82, 2.24) is 9.97 Å². The summed E-state index contributed by atoms with van der Waals surface area (Å²) in [5.74, 6) is 0.593. The van der Waals surface area contributed by atoms with Gasteiger partial charge in [0.15, 0.2) is 0 Å². The average molecular weight is 252 g/mol. The first-order valence-electron chi connectivity index (χ1n) is 6.35.